The van der Waals surface area contributed by atoms with Crippen molar-refractivity contribution in [1.82, 2.24) is 5.01 Å². The molecular weight excluding hydrogens is 258 g/mol. The van der Waals surface area contributed by atoms with Crippen molar-refractivity contribution in [3.63, 3.8) is 0 Å². The molecule has 0 radical (unpaired) electrons. The second-order valence-electron chi connectivity index (χ2n) is 5.09. The predicted octanol–water partition coefficient (Wildman–Crippen LogP) is 2.16. The molecule has 1 N–H and O–H groups in total. The maximum absolute atomic E-state index is 10.6. The summed E-state index contributed by atoms with van der Waals surface area (Å²) in [5.74, 6) is 0. The number of likely N-dealkylation sites (N-methyl/N-ethyl adjacent to an activating group) is 1. The van der Waals surface area contributed by atoms with E-state index in [-0.39, 0.29) is 17.8 Å². The van der Waals surface area contributed by atoms with E-state index in [1.807, 2.05) is 7.05 Å². The zero-order valence-electron chi connectivity index (χ0n) is 11.5. The van der Waals surface area contributed by atoms with Crippen molar-refractivity contribution in [2.24, 2.45) is 5.10 Å². The highest BCUT2D eigenvalue weighted by molar-refractivity contribution is 5.79. The molecule has 2 rings (SSSR count). The number of hydrogen-bond acceptors (Lipinski definition) is 5. The van der Waals surface area contributed by atoms with Gasteiger partial charge in [-0.15, -0.1) is 0 Å². The molecule has 0 aliphatic heterocycles. The first kappa shape index (κ1) is 14.5. The average molecular weight is 277 g/mol. The molecule has 20 heavy (non-hydrogen) atoms. The van der Waals surface area contributed by atoms with Gasteiger partial charge >= 0.3 is 0 Å². The first-order valence-corrected chi connectivity index (χ1v) is 6.77. The van der Waals surface area contributed by atoms with Gasteiger partial charge in [0.15, 0.2) is 0 Å². The molecule has 0 spiro atoms. The Morgan fingerprint density at radius 3 is 2.60 bits per heavy atom. The maximum atomic E-state index is 10.6. The molecule has 1 aromatic carbocycles. The van der Waals surface area contributed by atoms with Crippen molar-refractivity contribution in [3.8, 4) is 0 Å². The first-order valence-electron chi connectivity index (χ1n) is 6.77. The third kappa shape index (κ3) is 3.54. The molecule has 1 aliphatic rings. The zero-order chi connectivity index (χ0) is 14.5. The van der Waals surface area contributed by atoms with Crippen LogP contribution in [0.5, 0.6) is 0 Å². The molecule has 0 heterocycles. The molecule has 108 valence electrons. The third-order valence-electron chi connectivity index (χ3n) is 3.67. The lowest BCUT2D eigenvalue weighted by Crippen LogP contribution is -2.40. The van der Waals surface area contributed by atoms with E-state index >= 15 is 0 Å². The summed E-state index contributed by atoms with van der Waals surface area (Å²) in [7, 11) is 1.85. The SMILES string of the molecule is CN(/N=C/c1ccc([N+](=O)[O-])cc1)[C@H]1CCCC[C@@H]1O. The minimum Gasteiger partial charge on any atom is -0.391 e. The molecule has 1 aromatic rings. The number of aliphatic hydroxyl groups is 1. The third-order valence-corrected chi connectivity index (χ3v) is 3.67. The number of non-ortho nitro benzene ring substituents is 1. The van der Waals surface area contributed by atoms with Crippen LogP contribution >= 0.6 is 0 Å². The summed E-state index contributed by atoms with van der Waals surface area (Å²) >= 11 is 0. The van der Waals surface area contributed by atoms with E-state index in [1.165, 1.54) is 12.1 Å². The quantitative estimate of drug-likeness (QED) is 0.519. The molecule has 0 amide bonds. The fourth-order valence-electron chi connectivity index (χ4n) is 2.45. The topological polar surface area (TPSA) is 79.0 Å². The van der Waals surface area contributed by atoms with Gasteiger partial charge in [-0.2, -0.15) is 5.10 Å². The Morgan fingerprint density at radius 1 is 1.35 bits per heavy atom. The smallest absolute Gasteiger partial charge is 0.269 e. The van der Waals surface area contributed by atoms with Crippen molar-refractivity contribution in [3.05, 3.63) is 39.9 Å². The van der Waals surface area contributed by atoms with Crippen LogP contribution in [-0.2, 0) is 0 Å². The molecule has 0 unspecified atom stereocenters. The van der Waals surface area contributed by atoms with Crippen LogP contribution < -0.4 is 0 Å². The number of rotatable bonds is 4. The van der Waals surface area contributed by atoms with Gasteiger partial charge in [0, 0.05) is 19.2 Å². The number of hydrazone groups is 1. The van der Waals surface area contributed by atoms with Crippen LogP contribution in [0, 0.1) is 10.1 Å². The molecule has 6 heteroatoms. The highest BCUT2D eigenvalue weighted by atomic mass is 16.6. The van der Waals surface area contributed by atoms with Crippen LogP contribution in [0.4, 0.5) is 5.69 Å². The van der Waals surface area contributed by atoms with E-state index in [2.05, 4.69) is 5.10 Å². The van der Waals surface area contributed by atoms with E-state index in [0.717, 1.165) is 31.2 Å². The van der Waals surface area contributed by atoms with E-state index in [1.54, 1.807) is 23.4 Å². The Bertz CT molecular complexity index is 487. The molecule has 0 aromatic heterocycles. The van der Waals surface area contributed by atoms with Crippen LogP contribution in [0.3, 0.4) is 0 Å². The van der Waals surface area contributed by atoms with Gasteiger partial charge in [-0.3, -0.25) is 15.1 Å². The van der Waals surface area contributed by atoms with Crippen LogP contribution in [0.2, 0.25) is 0 Å². The molecular formula is C14H19N3O3. The van der Waals surface area contributed by atoms with Crippen molar-refractivity contribution in [2.75, 3.05) is 7.05 Å². The second kappa shape index (κ2) is 6.47. The Kier molecular flexibility index (Phi) is 4.68. The largest absolute Gasteiger partial charge is 0.391 e. The number of nitrogens with zero attached hydrogens (tertiary/aromatic N) is 3. The summed E-state index contributed by atoms with van der Waals surface area (Å²) in [6.45, 7) is 0. The van der Waals surface area contributed by atoms with Gasteiger partial charge in [0.25, 0.3) is 5.69 Å². The number of hydrogen-bond donors (Lipinski definition) is 1. The molecule has 0 bridgehead atoms. The highest BCUT2D eigenvalue weighted by Gasteiger charge is 2.25. The Balaban J connectivity index is 1.99. The Hall–Kier alpha value is -1.95. The van der Waals surface area contributed by atoms with Gasteiger partial charge in [-0.25, -0.2) is 0 Å². The summed E-state index contributed by atoms with van der Waals surface area (Å²) in [4.78, 5) is 10.1. The lowest BCUT2D eigenvalue weighted by molar-refractivity contribution is -0.384. The summed E-state index contributed by atoms with van der Waals surface area (Å²) in [5, 5.41) is 26.6. The molecule has 1 fully saturated rings. The van der Waals surface area contributed by atoms with E-state index in [9.17, 15) is 15.2 Å². The van der Waals surface area contributed by atoms with Crippen molar-refractivity contribution >= 4 is 11.9 Å². The van der Waals surface area contributed by atoms with Crippen molar-refractivity contribution in [2.45, 2.75) is 37.8 Å². The van der Waals surface area contributed by atoms with Crippen LogP contribution in [-0.4, -0.2) is 40.4 Å². The van der Waals surface area contributed by atoms with Gasteiger partial charge in [-0.05, 0) is 30.5 Å². The normalized spacial score (nSPS) is 22.9. The van der Waals surface area contributed by atoms with Crippen molar-refractivity contribution < 1.29 is 10.0 Å². The minimum absolute atomic E-state index is 0.0537. The molecule has 6 nitrogen and oxygen atoms in total. The van der Waals surface area contributed by atoms with E-state index in [0.29, 0.717) is 0 Å². The highest BCUT2D eigenvalue weighted by Crippen LogP contribution is 2.22. The van der Waals surface area contributed by atoms with Gasteiger partial charge in [0.05, 0.1) is 23.3 Å². The van der Waals surface area contributed by atoms with Gasteiger partial charge < -0.3 is 5.11 Å². The van der Waals surface area contributed by atoms with Gasteiger partial charge in [0.1, 0.15) is 0 Å². The Labute approximate surface area is 117 Å². The predicted molar refractivity (Wildman–Crippen MR) is 76.7 cm³/mol. The monoisotopic (exact) mass is 277 g/mol. The number of aliphatic hydroxyl groups excluding tert-OH is 1. The lowest BCUT2D eigenvalue weighted by Gasteiger charge is -2.33. The van der Waals surface area contributed by atoms with Crippen LogP contribution in [0.25, 0.3) is 0 Å². The summed E-state index contributed by atoms with van der Waals surface area (Å²) < 4.78 is 0. The van der Waals surface area contributed by atoms with Gasteiger partial charge in [0.2, 0.25) is 0 Å². The summed E-state index contributed by atoms with van der Waals surface area (Å²) in [6.07, 6.45) is 5.27. The van der Waals surface area contributed by atoms with Crippen LogP contribution in [0.15, 0.2) is 29.4 Å². The maximum Gasteiger partial charge on any atom is 0.269 e. The molecule has 2 atom stereocenters. The molecule has 1 saturated carbocycles. The molecule has 0 saturated heterocycles. The first-order chi connectivity index (χ1) is 9.58. The van der Waals surface area contributed by atoms with Gasteiger partial charge in [-0.1, -0.05) is 12.8 Å². The lowest BCUT2D eigenvalue weighted by atomic mass is 9.92. The minimum atomic E-state index is -0.425. The number of nitro groups is 1. The fraction of sp³-hybridized carbons (Fsp3) is 0.500. The standard InChI is InChI=1S/C14H19N3O3/c1-16(13-4-2-3-5-14(13)18)15-10-11-6-8-12(9-7-11)17(19)20/h6-10,13-14,18H,2-5H2,1H3/b15-10+/t13-,14-/m0/s1. The molecule has 1 aliphatic carbocycles. The second-order valence-corrected chi connectivity index (χ2v) is 5.09. The zero-order valence-corrected chi connectivity index (χ0v) is 11.5. The van der Waals surface area contributed by atoms with E-state index in [4.69, 9.17) is 0 Å². The van der Waals surface area contributed by atoms with Crippen LogP contribution in [0.1, 0.15) is 31.2 Å². The van der Waals surface area contributed by atoms with E-state index < -0.39 is 4.92 Å². The number of benzene rings is 1. The van der Waals surface area contributed by atoms with Crippen molar-refractivity contribution in [1.29, 1.82) is 0 Å². The average Bonchev–Trinajstić information content (AvgIpc) is 2.45. The summed E-state index contributed by atoms with van der Waals surface area (Å²) in [5.41, 5.74) is 0.867. The summed E-state index contributed by atoms with van der Waals surface area (Å²) in [6, 6.07) is 6.28. The number of nitro benzene ring substituents is 1. The fourth-order valence-corrected chi connectivity index (χ4v) is 2.45. The Morgan fingerprint density at radius 2 is 2.00 bits per heavy atom.